The molecule has 0 bridgehead atoms. The molecule has 0 amide bonds. The summed E-state index contributed by atoms with van der Waals surface area (Å²) in [5.74, 6) is 1.41. The van der Waals surface area contributed by atoms with Crippen molar-refractivity contribution in [2.75, 3.05) is 13.2 Å². The van der Waals surface area contributed by atoms with Crippen LogP contribution in [0.3, 0.4) is 0 Å². The van der Waals surface area contributed by atoms with Gasteiger partial charge in [-0.3, -0.25) is 9.59 Å². The zero-order valence-electron chi connectivity index (χ0n) is 11.4. The quantitative estimate of drug-likeness (QED) is 0.778. The molecular formula is C16H18O4. The van der Waals surface area contributed by atoms with Crippen molar-refractivity contribution in [3.63, 3.8) is 0 Å². The van der Waals surface area contributed by atoms with Crippen molar-refractivity contribution in [2.45, 2.75) is 32.1 Å². The van der Waals surface area contributed by atoms with Gasteiger partial charge in [0, 0.05) is 30.7 Å². The van der Waals surface area contributed by atoms with Crippen LogP contribution in [0.1, 0.15) is 42.5 Å². The molecule has 0 N–H and O–H groups in total. The van der Waals surface area contributed by atoms with Crippen LogP contribution in [0.4, 0.5) is 0 Å². The predicted molar refractivity (Wildman–Crippen MR) is 73.3 cm³/mol. The van der Waals surface area contributed by atoms with E-state index < -0.39 is 0 Å². The lowest BCUT2D eigenvalue weighted by molar-refractivity contribution is -0.121. The van der Waals surface area contributed by atoms with Crippen molar-refractivity contribution in [3.05, 3.63) is 23.8 Å². The van der Waals surface area contributed by atoms with Gasteiger partial charge >= 0.3 is 0 Å². The summed E-state index contributed by atoms with van der Waals surface area (Å²) in [7, 11) is 0. The second kappa shape index (κ2) is 5.65. The number of fused-ring (bicyclic) bond motifs is 1. The molecule has 1 atom stereocenters. The largest absolute Gasteiger partial charge is 0.490 e. The Bertz CT molecular complexity index is 535. The molecule has 1 aliphatic heterocycles. The minimum atomic E-state index is -0.166. The van der Waals surface area contributed by atoms with Gasteiger partial charge in [-0.15, -0.1) is 0 Å². The van der Waals surface area contributed by atoms with Gasteiger partial charge in [-0.1, -0.05) is 0 Å². The molecule has 106 valence electrons. The van der Waals surface area contributed by atoms with E-state index in [0.29, 0.717) is 43.1 Å². The molecule has 2 aliphatic rings. The van der Waals surface area contributed by atoms with E-state index in [4.69, 9.17) is 9.47 Å². The monoisotopic (exact) mass is 274 g/mol. The maximum absolute atomic E-state index is 12.5. The summed E-state index contributed by atoms with van der Waals surface area (Å²) in [5, 5.41) is 0. The number of hydrogen-bond acceptors (Lipinski definition) is 4. The highest BCUT2D eigenvalue weighted by molar-refractivity contribution is 6.01. The normalized spacial score (nSPS) is 22.2. The van der Waals surface area contributed by atoms with Gasteiger partial charge < -0.3 is 9.47 Å². The lowest BCUT2D eigenvalue weighted by Crippen LogP contribution is -2.23. The molecular weight excluding hydrogens is 256 g/mol. The van der Waals surface area contributed by atoms with Gasteiger partial charge in [-0.2, -0.15) is 0 Å². The summed E-state index contributed by atoms with van der Waals surface area (Å²) in [6, 6.07) is 5.32. The van der Waals surface area contributed by atoms with Crippen LogP contribution in [0, 0.1) is 5.92 Å². The van der Waals surface area contributed by atoms with E-state index in [-0.39, 0.29) is 17.5 Å². The van der Waals surface area contributed by atoms with E-state index in [1.165, 1.54) is 0 Å². The molecule has 20 heavy (non-hydrogen) atoms. The molecule has 0 saturated heterocycles. The van der Waals surface area contributed by atoms with Crippen LogP contribution in [0.2, 0.25) is 0 Å². The molecule has 1 saturated carbocycles. The maximum atomic E-state index is 12.5. The Morgan fingerprint density at radius 3 is 2.70 bits per heavy atom. The third-order valence-corrected chi connectivity index (χ3v) is 3.89. The molecule has 3 rings (SSSR count). The highest BCUT2D eigenvalue weighted by Crippen LogP contribution is 2.32. The van der Waals surface area contributed by atoms with Gasteiger partial charge in [0.25, 0.3) is 0 Å². The molecule has 0 aromatic heterocycles. The number of rotatable bonds is 2. The van der Waals surface area contributed by atoms with Crippen LogP contribution in [0.5, 0.6) is 11.5 Å². The van der Waals surface area contributed by atoms with E-state index in [9.17, 15) is 9.59 Å². The lowest BCUT2D eigenvalue weighted by Gasteiger charge is -2.20. The number of ketones is 2. The van der Waals surface area contributed by atoms with Crippen LogP contribution in [-0.2, 0) is 4.79 Å². The lowest BCUT2D eigenvalue weighted by atomic mass is 9.83. The summed E-state index contributed by atoms with van der Waals surface area (Å²) in [6.07, 6.45) is 3.46. The van der Waals surface area contributed by atoms with Gasteiger partial charge in [0.1, 0.15) is 5.78 Å². The first kappa shape index (κ1) is 13.2. The molecule has 1 heterocycles. The summed E-state index contributed by atoms with van der Waals surface area (Å²) >= 11 is 0. The molecule has 4 nitrogen and oxygen atoms in total. The second-order valence-corrected chi connectivity index (χ2v) is 5.41. The SMILES string of the molecule is O=C1CCCC(C(=O)c2ccc3c(c2)OCCCO3)C1. The van der Waals surface area contributed by atoms with Crippen LogP contribution in [0.15, 0.2) is 18.2 Å². The Labute approximate surface area is 118 Å². The van der Waals surface area contributed by atoms with E-state index in [0.717, 1.165) is 19.3 Å². The highest BCUT2D eigenvalue weighted by atomic mass is 16.5. The fraction of sp³-hybridized carbons (Fsp3) is 0.500. The van der Waals surface area contributed by atoms with Crippen molar-refractivity contribution in [2.24, 2.45) is 5.92 Å². The Kier molecular flexibility index (Phi) is 3.72. The van der Waals surface area contributed by atoms with E-state index in [1.807, 2.05) is 0 Å². The average molecular weight is 274 g/mol. The van der Waals surface area contributed by atoms with Crippen molar-refractivity contribution in [1.82, 2.24) is 0 Å². The van der Waals surface area contributed by atoms with E-state index >= 15 is 0 Å². The number of benzene rings is 1. The molecule has 1 aliphatic carbocycles. The molecule has 0 radical (unpaired) electrons. The Morgan fingerprint density at radius 2 is 1.90 bits per heavy atom. The maximum Gasteiger partial charge on any atom is 0.166 e. The zero-order chi connectivity index (χ0) is 13.9. The minimum absolute atomic E-state index is 0.0497. The number of hydrogen-bond donors (Lipinski definition) is 0. The summed E-state index contributed by atoms with van der Waals surface area (Å²) in [4.78, 5) is 24.0. The van der Waals surface area contributed by atoms with Crippen LogP contribution >= 0.6 is 0 Å². The molecule has 1 unspecified atom stereocenters. The number of ether oxygens (including phenoxy) is 2. The standard InChI is InChI=1S/C16H18O4/c17-13-4-1-3-11(9-13)16(18)12-5-6-14-15(10-12)20-8-2-7-19-14/h5-6,10-11H,1-4,7-9H2. The first-order valence-corrected chi connectivity index (χ1v) is 7.19. The highest BCUT2D eigenvalue weighted by Gasteiger charge is 2.27. The first-order chi connectivity index (χ1) is 9.74. The molecule has 1 aromatic rings. The topological polar surface area (TPSA) is 52.6 Å². The first-order valence-electron chi connectivity index (χ1n) is 7.19. The molecule has 4 heteroatoms. The van der Waals surface area contributed by atoms with Crippen LogP contribution in [-0.4, -0.2) is 24.8 Å². The Hall–Kier alpha value is -1.84. The van der Waals surface area contributed by atoms with Gasteiger partial charge in [0.2, 0.25) is 0 Å². The fourth-order valence-electron chi connectivity index (χ4n) is 2.80. The Morgan fingerprint density at radius 1 is 1.10 bits per heavy atom. The molecule has 0 spiro atoms. The van der Waals surface area contributed by atoms with Crippen molar-refractivity contribution < 1.29 is 19.1 Å². The van der Waals surface area contributed by atoms with E-state index in [2.05, 4.69) is 0 Å². The van der Waals surface area contributed by atoms with Crippen molar-refractivity contribution >= 4 is 11.6 Å². The summed E-state index contributed by atoms with van der Waals surface area (Å²) in [6.45, 7) is 1.24. The summed E-state index contributed by atoms with van der Waals surface area (Å²) < 4.78 is 11.2. The smallest absolute Gasteiger partial charge is 0.166 e. The van der Waals surface area contributed by atoms with Crippen LogP contribution in [0.25, 0.3) is 0 Å². The minimum Gasteiger partial charge on any atom is -0.490 e. The van der Waals surface area contributed by atoms with Crippen LogP contribution < -0.4 is 9.47 Å². The van der Waals surface area contributed by atoms with E-state index in [1.54, 1.807) is 18.2 Å². The van der Waals surface area contributed by atoms with Gasteiger partial charge in [-0.05, 0) is 31.0 Å². The third kappa shape index (κ3) is 2.69. The molecule has 1 fully saturated rings. The number of Topliss-reactive ketones (excluding diaryl/α,β-unsaturated/α-hetero) is 2. The van der Waals surface area contributed by atoms with Gasteiger partial charge in [-0.25, -0.2) is 0 Å². The van der Waals surface area contributed by atoms with Crippen molar-refractivity contribution in [1.29, 1.82) is 0 Å². The third-order valence-electron chi connectivity index (χ3n) is 3.89. The Balaban J connectivity index is 1.81. The summed E-state index contributed by atoms with van der Waals surface area (Å²) in [5.41, 5.74) is 0.619. The van der Waals surface area contributed by atoms with Gasteiger partial charge in [0.05, 0.1) is 13.2 Å². The average Bonchev–Trinajstić information content (AvgIpc) is 2.71. The second-order valence-electron chi connectivity index (χ2n) is 5.41. The van der Waals surface area contributed by atoms with Gasteiger partial charge in [0.15, 0.2) is 17.3 Å². The fourth-order valence-corrected chi connectivity index (χ4v) is 2.80. The molecule has 1 aromatic carbocycles. The number of carbonyl (C=O) groups excluding carboxylic acids is 2. The van der Waals surface area contributed by atoms with Crippen molar-refractivity contribution in [3.8, 4) is 11.5 Å². The number of carbonyl (C=O) groups is 2. The predicted octanol–water partition coefficient (Wildman–Crippen LogP) is 2.79. The zero-order valence-corrected chi connectivity index (χ0v) is 11.4.